The number of halogens is 1. The van der Waals surface area contributed by atoms with Crippen LogP contribution in [0.25, 0.3) is 11.1 Å². The first-order valence-corrected chi connectivity index (χ1v) is 10.0. The van der Waals surface area contributed by atoms with Gasteiger partial charge in [0.15, 0.2) is 5.78 Å². The molecule has 2 aromatic carbocycles. The molecule has 0 saturated carbocycles. The largest absolute Gasteiger partial charge is 0.372 e. The third kappa shape index (κ3) is 5.08. The van der Waals surface area contributed by atoms with Crippen LogP contribution in [0.3, 0.4) is 0 Å². The Labute approximate surface area is 172 Å². The number of carbonyl (C=O) groups is 1. The third-order valence-electron chi connectivity index (χ3n) is 5.20. The van der Waals surface area contributed by atoms with Gasteiger partial charge in [-0.3, -0.25) is 9.78 Å². The number of hydrogen-bond acceptors (Lipinski definition) is 3. The van der Waals surface area contributed by atoms with E-state index in [4.69, 9.17) is 0 Å². The molecule has 0 aliphatic carbocycles. The molecule has 0 N–H and O–H groups in total. The molecule has 1 aromatic heterocycles. The molecule has 0 atom stereocenters. The lowest BCUT2D eigenvalue weighted by molar-refractivity contribution is 0.0983. The number of pyridine rings is 1. The number of rotatable bonds is 8. The fourth-order valence-corrected chi connectivity index (χ4v) is 3.47. The summed E-state index contributed by atoms with van der Waals surface area (Å²) >= 11 is 0. The second kappa shape index (κ2) is 9.46. The summed E-state index contributed by atoms with van der Waals surface area (Å²) in [7, 11) is 1.90. The number of aryl methyl sites for hydroxylation is 2. The maximum atomic E-state index is 14.5. The summed E-state index contributed by atoms with van der Waals surface area (Å²) in [5.74, 6) is -0.132. The van der Waals surface area contributed by atoms with Gasteiger partial charge in [-0.05, 0) is 54.7 Å². The smallest absolute Gasteiger partial charge is 0.163 e. The van der Waals surface area contributed by atoms with Crippen LogP contribution in [-0.4, -0.2) is 24.4 Å². The molecule has 3 rings (SSSR count). The minimum absolute atomic E-state index is 0.0996. The Hall–Kier alpha value is -3.01. The van der Waals surface area contributed by atoms with Gasteiger partial charge in [0.1, 0.15) is 5.82 Å². The van der Waals surface area contributed by atoms with Gasteiger partial charge in [0, 0.05) is 37.5 Å². The SMILES string of the molecule is CCCN(C)c1ccc(-c2ccc(C(=O)CCc3cccnc3C)cc2)cc1F. The molecule has 0 bridgehead atoms. The molecule has 150 valence electrons. The molecule has 0 spiro atoms. The molecule has 0 aliphatic rings. The zero-order valence-electron chi connectivity index (χ0n) is 17.3. The number of hydrogen-bond donors (Lipinski definition) is 0. The van der Waals surface area contributed by atoms with Crippen molar-refractivity contribution >= 4 is 11.5 Å². The summed E-state index contributed by atoms with van der Waals surface area (Å²) < 4.78 is 14.5. The van der Waals surface area contributed by atoms with Gasteiger partial charge in [0.05, 0.1) is 5.69 Å². The number of benzene rings is 2. The van der Waals surface area contributed by atoms with Crippen molar-refractivity contribution in [1.82, 2.24) is 4.98 Å². The lowest BCUT2D eigenvalue weighted by Gasteiger charge is -2.19. The predicted molar refractivity (Wildman–Crippen MR) is 117 cm³/mol. The minimum Gasteiger partial charge on any atom is -0.372 e. The van der Waals surface area contributed by atoms with E-state index in [2.05, 4.69) is 11.9 Å². The van der Waals surface area contributed by atoms with Crippen LogP contribution < -0.4 is 4.90 Å². The molecule has 0 saturated heterocycles. The van der Waals surface area contributed by atoms with Gasteiger partial charge < -0.3 is 4.90 Å². The summed E-state index contributed by atoms with van der Waals surface area (Å²) in [6.07, 6.45) is 3.85. The number of anilines is 1. The summed E-state index contributed by atoms with van der Waals surface area (Å²) in [4.78, 5) is 18.7. The monoisotopic (exact) mass is 390 g/mol. The highest BCUT2D eigenvalue weighted by molar-refractivity contribution is 5.96. The van der Waals surface area contributed by atoms with Gasteiger partial charge >= 0.3 is 0 Å². The average Bonchev–Trinajstić information content (AvgIpc) is 2.73. The first-order chi connectivity index (χ1) is 14.0. The van der Waals surface area contributed by atoms with Crippen molar-refractivity contribution in [3.63, 3.8) is 0 Å². The van der Waals surface area contributed by atoms with Gasteiger partial charge in [-0.25, -0.2) is 4.39 Å². The van der Waals surface area contributed by atoms with Crippen LogP contribution >= 0.6 is 0 Å². The van der Waals surface area contributed by atoms with E-state index < -0.39 is 0 Å². The molecule has 3 aromatic rings. The van der Waals surface area contributed by atoms with Crippen LogP contribution in [-0.2, 0) is 6.42 Å². The van der Waals surface area contributed by atoms with E-state index in [1.807, 2.05) is 67.4 Å². The van der Waals surface area contributed by atoms with Crippen molar-refractivity contribution in [2.45, 2.75) is 33.1 Å². The fourth-order valence-electron chi connectivity index (χ4n) is 3.47. The maximum Gasteiger partial charge on any atom is 0.163 e. The number of carbonyl (C=O) groups excluding carboxylic acids is 1. The van der Waals surface area contributed by atoms with Crippen molar-refractivity contribution in [3.05, 3.63) is 83.4 Å². The van der Waals surface area contributed by atoms with Crippen LogP contribution in [0.2, 0.25) is 0 Å². The minimum atomic E-state index is -0.231. The molecule has 0 radical (unpaired) electrons. The quantitative estimate of drug-likeness (QED) is 0.452. The van der Waals surface area contributed by atoms with E-state index in [0.717, 1.165) is 35.3 Å². The number of ketones is 1. The lowest BCUT2D eigenvalue weighted by atomic mass is 9.99. The van der Waals surface area contributed by atoms with Gasteiger partial charge in [0.2, 0.25) is 0 Å². The molecule has 4 heteroatoms. The molecule has 3 nitrogen and oxygen atoms in total. The first kappa shape index (κ1) is 20.7. The summed E-state index contributed by atoms with van der Waals surface area (Å²) in [6, 6.07) is 16.6. The Balaban J connectivity index is 1.69. The molecule has 0 unspecified atom stereocenters. The Morgan fingerprint density at radius 3 is 2.45 bits per heavy atom. The highest BCUT2D eigenvalue weighted by Crippen LogP contribution is 2.26. The molecule has 29 heavy (non-hydrogen) atoms. The highest BCUT2D eigenvalue weighted by atomic mass is 19.1. The van der Waals surface area contributed by atoms with Crippen LogP contribution in [0.15, 0.2) is 60.8 Å². The van der Waals surface area contributed by atoms with Gasteiger partial charge in [-0.1, -0.05) is 43.3 Å². The van der Waals surface area contributed by atoms with Crippen molar-refractivity contribution in [3.8, 4) is 11.1 Å². The number of aromatic nitrogens is 1. The molecular weight excluding hydrogens is 363 g/mol. The van der Waals surface area contributed by atoms with Gasteiger partial charge in [-0.2, -0.15) is 0 Å². The van der Waals surface area contributed by atoms with E-state index in [9.17, 15) is 9.18 Å². The molecule has 0 fully saturated rings. The fraction of sp³-hybridized carbons (Fsp3) is 0.280. The van der Waals surface area contributed by atoms with Crippen molar-refractivity contribution < 1.29 is 9.18 Å². The standard InChI is InChI=1S/C25H27FN2O/c1-4-16-28(3)24-13-11-22(17-23(24)26)20-7-9-21(10-8-20)25(29)14-12-19-6-5-15-27-18(19)2/h5-11,13,15,17H,4,12,14,16H2,1-3H3. The molecular formula is C25H27FN2O. The highest BCUT2D eigenvalue weighted by Gasteiger charge is 2.11. The Kier molecular flexibility index (Phi) is 6.76. The zero-order valence-corrected chi connectivity index (χ0v) is 17.3. The Morgan fingerprint density at radius 1 is 1.07 bits per heavy atom. The maximum absolute atomic E-state index is 14.5. The van der Waals surface area contributed by atoms with Crippen LogP contribution in [0.5, 0.6) is 0 Å². The Bertz CT molecular complexity index is 982. The topological polar surface area (TPSA) is 33.2 Å². The second-order valence-electron chi connectivity index (χ2n) is 7.34. The molecule has 0 amide bonds. The van der Waals surface area contributed by atoms with E-state index in [1.165, 1.54) is 0 Å². The number of nitrogens with zero attached hydrogens (tertiary/aromatic N) is 2. The van der Waals surface area contributed by atoms with Crippen molar-refractivity contribution in [2.24, 2.45) is 0 Å². The lowest BCUT2D eigenvalue weighted by Crippen LogP contribution is -2.18. The van der Waals surface area contributed by atoms with Gasteiger partial charge in [-0.15, -0.1) is 0 Å². The van der Waals surface area contributed by atoms with E-state index in [1.54, 1.807) is 12.3 Å². The normalized spacial score (nSPS) is 10.8. The van der Waals surface area contributed by atoms with Crippen LogP contribution in [0, 0.1) is 12.7 Å². The number of Topliss-reactive ketones (excluding diaryl/α,β-unsaturated/α-hetero) is 1. The van der Waals surface area contributed by atoms with Crippen LogP contribution in [0.4, 0.5) is 10.1 Å². The van der Waals surface area contributed by atoms with Crippen LogP contribution in [0.1, 0.15) is 41.4 Å². The molecule has 0 aliphatic heterocycles. The average molecular weight is 391 g/mol. The second-order valence-corrected chi connectivity index (χ2v) is 7.34. The summed E-state index contributed by atoms with van der Waals surface area (Å²) in [5, 5.41) is 0. The molecule has 1 heterocycles. The summed E-state index contributed by atoms with van der Waals surface area (Å²) in [5.41, 5.74) is 5.05. The van der Waals surface area contributed by atoms with E-state index in [0.29, 0.717) is 24.1 Å². The summed E-state index contributed by atoms with van der Waals surface area (Å²) in [6.45, 7) is 4.84. The van der Waals surface area contributed by atoms with Crippen molar-refractivity contribution in [1.29, 1.82) is 0 Å². The zero-order chi connectivity index (χ0) is 20.8. The van der Waals surface area contributed by atoms with Gasteiger partial charge in [0.25, 0.3) is 0 Å². The Morgan fingerprint density at radius 2 is 1.79 bits per heavy atom. The predicted octanol–water partition coefficient (Wildman–Crippen LogP) is 5.86. The third-order valence-corrected chi connectivity index (χ3v) is 5.20. The van der Waals surface area contributed by atoms with E-state index >= 15 is 0 Å². The van der Waals surface area contributed by atoms with Crippen molar-refractivity contribution in [2.75, 3.05) is 18.5 Å². The first-order valence-electron chi connectivity index (χ1n) is 10.0. The van der Waals surface area contributed by atoms with E-state index in [-0.39, 0.29) is 11.6 Å².